The van der Waals surface area contributed by atoms with Crippen molar-refractivity contribution in [3.05, 3.63) is 71.4 Å². The molecule has 1 saturated heterocycles. The molecule has 2 aromatic carbocycles. The van der Waals surface area contributed by atoms with Gasteiger partial charge in [0.2, 0.25) is 0 Å². The number of likely N-dealkylation sites (tertiary alicyclic amines) is 1. The minimum absolute atomic E-state index is 0.144. The fourth-order valence-corrected chi connectivity index (χ4v) is 3.98. The Morgan fingerprint density at radius 3 is 2.42 bits per heavy atom. The number of para-hydroxylation sites is 1. The molecular formula is C25H27N3O3. The molecule has 0 spiro atoms. The summed E-state index contributed by atoms with van der Waals surface area (Å²) in [6, 6.07) is 15.6. The van der Waals surface area contributed by atoms with Crippen molar-refractivity contribution in [3.63, 3.8) is 0 Å². The molecule has 2 heterocycles. The molecule has 1 aliphatic heterocycles. The summed E-state index contributed by atoms with van der Waals surface area (Å²) in [5, 5.41) is 4.71. The Labute approximate surface area is 182 Å². The highest BCUT2D eigenvalue weighted by Crippen LogP contribution is 2.28. The van der Waals surface area contributed by atoms with Crippen molar-refractivity contribution < 1.29 is 14.3 Å². The number of aromatic nitrogens is 2. The molecule has 0 bridgehead atoms. The van der Waals surface area contributed by atoms with Gasteiger partial charge in [-0.3, -0.25) is 4.79 Å². The Hall–Kier alpha value is -3.41. The second kappa shape index (κ2) is 8.76. The van der Waals surface area contributed by atoms with Crippen LogP contribution < -0.4 is 0 Å². The minimum Gasteiger partial charge on any atom is -0.449 e. The number of benzene rings is 2. The molecule has 6 nitrogen and oxygen atoms in total. The Balaban J connectivity index is 1.68. The topological polar surface area (TPSA) is 64.4 Å². The van der Waals surface area contributed by atoms with Crippen LogP contribution >= 0.6 is 0 Å². The number of ether oxygens (including phenoxy) is 1. The minimum atomic E-state index is -0.836. The summed E-state index contributed by atoms with van der Waals surface area (Å²) in [5.41, 5.74) is 4.76. The van der Waals surface area contributed by atoms with E-state index < -0.39 is 12.1 Å². The summed E-state index contributed by atoms with van der Waals surface area (Å²) in [5.74, 6) is -0.688. The molecule has 1 amide bonds. The molecule has 4 rings (SSSR count). The van der Waals surface area contributed by atoms with E-state index >= 15 is 0 Å². The van der Waals surface area contributed by atoms with Gasteiger partial charge in [0.05, 0.1) is 5.69 Å². The molecule has 160 valence electrons. The van der Waals surface area contributed by atoms with Crippen LogP contribution in [0.25, 0.3) is 16.9 Å². The lowest BCUT2D eigenvalue weighted by Crippen LogP contribution is -2.38. The third-order valence-corrected chi connectivity index (χ3v) is 5.64. The van der Waals surface area contributed by atoms with Gasteiger partial charge >= 0.3 is 5.97 Å². The van der Waals surface area contributed by atoms with Gasteiger partial charge in [0.25, 0.3) is 5.91 Å². The molecule has 1 aliphatic rings. The number of aryl methyl sites for hydroxylation is 2. The van der Waals surface area contributed by atoms with Crippen molar-refractivity contribution in [3.8, 4) is 16.9 Å². The van der Waals surface area contributed by atoms with Gasteiger partial charge in [-0.2, -0.15) is 5.10 Å². The lowest BCUT2D eigenvalue weighted by molar-refractivity contribution is -0.138. The molecular weight excluding hydrogens is 390 g/mol. The van der Waals surface area contributed by atoms with Crippen LogP contribution in [-0.4, -0.2) is 45.8 Å². The van der Waals surface area contributed by atoms with Crippen LogP contribution in [0.2, 0.25) is 0 Å². The first-order valence-corrected chi connectivity index (χ1v) is 10.7. The normalized spacial score (nSPS) is 14.5. The van der Waals surface area contributed by atoms with Gasteiger partial charge in [-0.25, -0.2) is 9.48 Å². The van der Waals surface area contributed by atoms with Crippen molar-refractivity contribution in [2.45, 2.75) is 39.7 Å². The number of rotatable bonds is 5. The zero-order valence-electron chi connectivity index (χ0n) is 18.2. The monoisotopic (exact) mass is 417 g/mol. The van der Waals surface area contributed by atoms with E-state index in [1.807, 2.05) is 56.3 Å². The maximum atomic E-state index is 13.1. The lowest BCUT2D eigenvalue weighted by Gasteiger charge is -2.20. The fourth-order valence-electron chi connectivity index (χ4n) is 3.98. The van der Waals surface area contributed by atoms with E-state index in [-0.39, 0.29) is 5.91 Å². The molecule has 0 aliphatic carbocycles. The fraction of sp³-hybridized carbons (Fsp3) is 0.320. The van der Waals surface area contributed by atoms with Crippen molar-refractivity contribution in [2.24, 2.45) is 0 Å². The number of esters is 1. The van der Waals surface area contributed by atoms with E-state index in [9.17, 15) is 9.59 Å². The summed E-state index contributed by atoms with van der Waals surface area (Å²) >= 11 is 0. The predicted molar refractivity (Wildman–Crippen MR) is 119 cm³/mol. The molecule has 0 unspecified atom stereocenters. The summed E-state index contributed by atoms with van der Waals surface area (Å²) in [7, 11) is 0. The summed E-state index contributed by atoms with van der Waals surface area (Å²) in [4.78, 5) is 27.5. The quantitative estimate of drug-likeness (QED) is 0.580. The molecule has 0 saturated carbocycles. The standard InChI is InChI=1S/C25H27N3O3/c1-17-11-12-21(18(2)15-17)23-22(16-28(26-23)20-9-5-4-6-10-20)25(30)31-19(3)24(29)27-13-7-8-14-27/h4-6,9-12,15-16,19H,7-8,13-14H2,1-3H3/t19-/m1/s1. The van der Waals surface area contributed by atoms with E-state index in [2.05, 4.69) is 6.07 Å². The number of carbonyl (C=O) groups is 2. The van der Waals surface area contributed by atoms with Gasteiger partial charge in [-0.05, 0) is 51.3 Å². The highest BCUT2D eigenvalue weighted by atomic mass is 16.5. The SMILES string of the molecule is Cc1ccc(-c2nn(-c3ccccc3)cc2C(=O)O[C@H](C)C(=O)N2CCCC2)c(C)c1. The van der Waals surface area contributed by atoms with Crippen LogP contribution in [0.4, 0.5) is 0 Å². The Morgan fingerprint density at radius 2 is 1.74 bits per heavy atom. The molecule has 0 N–H and O–H groups in total. The zero-order valence-corrected chi connectivity index (χ0v) is 18.2. The smallest absolute Gasteiger partial charge is 0.342 e. The first-order chi connectivity index (χ1) is 14.9. The van der Waals surface area contributed by atoms with E-state index in [0.717, 1.165) is 48.3 Å². The number of amides is 1. The van der Waals surface area contributed by atoms with Gasteiger partial charge in [-0.1, -0.05) is 42.0 Å². The first-order valence-electron chi connectivity index (χ1n) is 10.7. The molecule has 3 aromatic rings. The van der Waals surface area contributed by atoms with Gasteiger partial charge in [0.1, 0.15) is 11.3 Å². The largest absolute Gasteiger partial charge is 0.449 e. The summed E-state index contributed by atoms with van der Waals surface area (Å²) < 4.78 is 7.28. The summed E-state index contributed by atoms with van der Waals surface area (Å²) in [6.07, 6.45) is 2.83. The van der Waals surface area contributed by atoms with Gasteiger partial charge in [-0.15, -0.1) is 0 Å². The second-order valence-electron chi connectivity index (χ2n) is 8.07. The van der Waals surface area contributed by atoms with Gasteiger partial charge in [0.15, 0.2) is 6.10 Å². The van der Waals surface area contributed by atoms with Gasteiger partial charge < -0.3 is 9.64 Å². The van der Waals surface area contributed by atoms with Crippen molar-refractivity contribution in [2.75, 3.05) is 13.1 Å². The predicted octanol–water partition coefficient (Wildman–Crippen LogP) is 4.32. The third-order valence-electron chi connectivity index (χ3n) is 5.64. The van der Waals surface area contributed by atoms with Crippen molar-refractivity contribution in [1.29, 1.82) is 0 Å². The number of nitrogens with zero attached hydrogens (tertiary/aromatic N) is 3. The molecule has 31 heavy (non-hydrogen) atoms. The molecule has 1 atom stereocenters. The molecule has 0 radical (unpaired) electrons. The summed E-state index contributed by atoms with van der Waals surface area (Å²) in [6.45, 7) is 7.11. The van der Waals surface area contributed by atoms with E-state index in [1.165, 1.54) is 0 Å². The Kier molecular flexibility index (Phi) is 5.89. The third kappa shape index (κ3) is 4.38. The van der Waals surface area contributed by atoms with Gasteiger partial charge in [0, 0.05) is 24.8 Å². The highest BCUT2D eigenvalue weighted by Gasteiger charge is 2.28. The van der Waals surface area contributed by atoms with Crippen LogP contribution in [0.15, 0.2) is 54.7 Å². The zero-order chi connectivity index (χ0) is 22.0. The van der Waals surface area contributed by atoms with E-state index in [4.69, 9.17) is 9.84 Å². The lowest BCUT2D eigenvalue weighted by atomic mass is 10.0. The van der Waals surface area contributed by atoms with Crippen LogP contribution in [0.1, 0.15) is 41.3 Å². The van der Waals surface area contributed by atoms with Crippen LogP contribution in [-0.2, 0) is 9.53 Å². The van der Waals surface area contributed by atoms with Crippen molar-refractivity contribution in [1.82, 2.24) is 14.7 Å². The van der Waals surface area contributed by atoms with E-state index in [0.29, 0.717) is 11.3 Å². The number of carbonyl (C=O) groups excluding carboxylic acids is 2. The maximum Gasteiger partial charge on any atom is 0.342 e. The maximum absolute atomic E-state index is 13.1. The average Bonchev–Trinajstić information content (AvgIpc) is 3.44. The van der Waals surface area contributed by atoms with Crippen LogP contribution in [0.5, 0.6) is 0 Å². The second-order valence-corrected chi connectivity index (χ2v) is 8.07. The van der Waals surface area contributed by atoms with Crippen LogP contribution in [0.3, 0.4) is 0 Å². The first kappa shape index (κ1) is 20.8. The number of hydrogen-bond acceptors (Lipinski definition) is 4. The molecule has 1 fully saturated rings. The van der Waals surface area contributed by atoms with E-state index in [1.54, 1.807) is 22.7 Å². The molecule has 6 heteroatoms. The average molecular weight is 418 g/mol. The van der Waals surface area contributed by atoms with Crippen molar-refractivity contribution >= 4 is 11.9 Å². The van der Waals surface area contributed by atoms with Crippen LogP contribution in [0, 0.1) is 13.8 Å². The number of hydrogen-bond donors (Lipinski definition) is 0. The molecule has 1 aromatic heterocycles. The Bertz CT molecular complexity index is 1100. The Morgan fingerprint density at radius 1 is 1.03 bits per heavy atom. The highest BCUT2D eigenvalue weighted by molar-refractivity contribution is 5.98.